The molecule has 0 amide bonds. The van der Waals surface area contributed by atoms with E-state index in [-0.39, 0.29) is 11.6 Å². The first-order valence-corrected chi connectivity index (χ1v) is 7.86. The van der Waals surface area contributed by atoms with Gasteiger partial charge in [0, 0.05) is 10.6 Å². The van der Waals surface area contributed by atoms with Crippen molar-refractivity contribution in [2.45, 2.75) is 0 Å². The van der Waals surface area contributed by atoms with E-state index in [0.717, 1.165) is 10.0 Å². The molecule has 0 aromatic heterocycles. The molecule has 0 saturated heterocycles. The van der Waals surface area contributed by atoms with E-state index in [1.54, 1.807) is 43.5 Å². The molecule has 0 unspecified atom stereocenters. The lowest BCUT2D eigenvalue weighted by Gasteiger charge is -2.03. The monoisotopic (exact) mass is 391 g/mol. The van der Waals surface area contributed by atoms with Crippen molar-refractivity contribution in [3.05, 3.63) is 68.8 Å². The molecule has 0 N–H and O–H groups in total. The summed E-state index contributed by atoms with van der Waals surface area (Å²) in [5.74, 6) is 0.465. The summed E-state index contributed by atoms with van der Waals surface area (Å²) in [5, 5.41) is 0.553. The number of esters is 1. The molecule has 4 nitrogen and oxygen atoms in total. The summed E-state index contributed by atoms with van der Waals surface area (Å²) in [6.07, 6.45) is 1.66. The van der Waals surface area contributed by atoms with Crippen LogP contribution in [0.5, 0.6) is 5.75 Å². The minimum Gasteiger partial charge on any atom is -0.496 e. The zero-order chi connectivity index (χ0) is 16.4. The van der Waals surface area contributed by atoms with Crippen LogP contribution in [0.15, 0.2) is 57.6 Å². The lowest BCUT2D eigenvalue weighted by molar-refractivity contribution is -0.129. The number of carbonyl (C=O) groups excluding carboxylic acids is 1. The van der Waals surface area contributed by atoms with E-state index in [1.807, 2.05) is 12.1 Å². The molecule has 116 valence electrons. The van der Waals surface area contributed by atoms with Crippen LogP contribution in [-0.2, 0) is 9.53 Å². The molecule has 0 atom stereocenters. The number of ether oxygens (including phenoxy) is 2. The average molecular weight is 393 g/mol. The van der Waals surface area contributed by atoms with E-state index in [0.29, 0.717) is 16.3 Å². The summed E-state index contributed by atoms with van der Waals surface area (Å²) >= 11 is 9.35. The number of cyclic esters (lactones) is 1. The highest BCUT2D eigenvalue weighted by Crippen LogP contribution is 2.27. The van der Waals surface area contributed by atoms with E-state index in [4.69, 9.17) is 21.1 Å². The molecular weight excluding hydrogens is 382 g/mol. The molecular formula is C17H11BrClNO3. The molecule has 23 heavy (non-hydrogen) atoms. The number of carbonyl (C=O) groups is 1. The maximum atomic E-state index is 12.0. The summed E-state index contributed by atoms with van der Waals surface area (Å²) in [6, 6.07) is 12.5. The van der Waals surface area contributed by atoms with Crippen LogP contribution in [0.2, 0.25) is 5.02 Å². The first-order chi connectivity index (χ1) is 11.1. The van der Waals surface area contributed by atoms with Crippen LogP contribution in [0.4, 0.5) is 0 Å². The standard InChI is InChI=1S/C17H11BrClNO3/c1-22-15-6-5-10(7-13(15)18)8-14-17(21)23-16(20-14)11-3-2-4-12(19)9-11/h2-9H,1H3. The minimum absolute atomic E-state index is 0.233. The summed E-state index contributed by atoms with van der Waals surface area (Å²) in [7, 11) is 1.59. The van der Waals surface area contributed by atoms with E-state index in [1.165, 1.54) is 0 Å². The van der Waals surface area contributed by atoms with Gasteiger partial charge < -0.3 is 9.47 Å². The highest BCUT2D eigenvalue weighted by Gasteiger charge is 2.24. The summed E-state index contributed by atoms with van der Waals surface area (Å²) in [5.41, 5.74) is 1.70. The third kappa shape index (κ3) is 3.46. The van der Waals surface area contributed by atoms with Gasteiger partial charge in [-0.2, -0.15) is 0 Å². The SMILES string of the molecule is COc1ccc(C=C2N=C(c3cccc(Cl)c3)OC2=O)cc1Br. The highest BCUT2D eigenvalue weighted by molar-refractivity contribution is 9.10. The Morgan fingerprint density at radius 1 is 1.26 bits per heavy atom. The van der Waals surface area contributed by atoms with Gasteiger partial charge in [-0.25, -0.2) is 9.79 Å². The number of hydrogen-bond donors (Lipinski definition) is 0. The number of benzene rings is 2. The smallest absolute Gasteiger partial charge is 0.363 e. The number of halogens is 2. The predicted octanol–water partition coefficient (Wildman–Crippen LogP) is 4.46. The molecule has 1 heterocycles. The molecule has 1 aliphatic heterocycles. The number of hydrogen-bond acceptors (Lipinski definition) is 4. The van der Waals surface area contributed by atoms with Crippen molar-refractivity contribution in [2.75, 3.05) is 7.11 Å². The van der Waals surface area contributed by atoms with Crippen LogP contribution in [0.1, 0.15) is 11.1 Å². The van der Waals surface area contributed by atoms with Gasteiger partial charge in [0.1, 0.15) is 5.75 Å². The van der Waals surface area contributed by atoms with Crippen molar-refractivity contribution in [1.82, 2.24) is 0 Å². The van der Waals surface area contributed by atoms with Gasteiger partial charge in [-0.3, -0.25) is 0 Å². The molecule has 0 aliphatic carbocycles. The Morgan fingerprint density at radius 3 is 2.78 bits per heavy atom. The van der Waals surface area contributed by atoms with Crippen molar-refractivity contribution in [2.24, 2.45) is 4.99 Å². The summed E-state index contributed by atoms with van der Waals surface area (Å²) < 4.78 is 11.2. The number of methoxy groups -OCH3 is 1. The fourth-order valence-corrected chi connectivity index (χ4v) is 2.83. The second-order valence-electron chi connectivity index (χ2n) is 4.74. The van der Waals surface area contributed by atoms with Gasteiger partial charge in [0.2, 0.25) is 5.90 Å². The first kappa shape index (κ1) is 15.8. The van der Waals surface area contributed by atoms with Crippen LogP contribution in [-0.4, -0.2) is 19.0 Å². The minimum atomic E-state index is -0.494. The quantitative estimate of drug-likeness (QED) is 0.572. The molecule has 0 saturated carbocycles. The van der Waals surface area contributed by atoms with E-state index in [2.05, 4.69) is 20.9 Å². The van der Waals surface area contributed by atoms with Crippen molar-refractivity contribution < 1.29 is 14.3 Å². The van der Waals surface area contributed by atoms with Gasteiger partial charge in [0.15, 0.2) is 5.70 Å². The molecule has 0 spiro atoms. The van der Waals surface area contributed by atoms with E-state index < -0.39 is 5.97 Å². The van der Waals surface area contributed by atoms with Crippen LogP contribution in [0.25, 0.3) is 6.08 Å². The van der Waals surface area contributed by atoms with Crippen molar-refractivity contribution in [3.8, 4) is 5.75 Å². The Hall–Kier alpha value is -2.11. The van der Waals surface area contributed by atoms with Gasteiger partial charge in [0.05, 0.1) is 11.6 Å². The molecule has 0 fully saturated rings. The Bertz CT molecular complexity index is 845. The molecule has 0 radical (unpaired) electrons. The molecule has 3 rings (SSSR count). The number of rotatable bonds is 3. The van der Waals surface area contributed by atoms with Crippen molar-refractivity contribution in [3.63, 3.8) is 0 Å². The predicted molar refractivity (Wildman–Crippen MR) is 92.8 cm³/mol. The zero-order valence-corrected chi connectivity index (χ0v) is 14.4. The average Bonchev–Trinajstić information content (AvgIpc) is 2.89. The third-order valence-corrected chi connectivity index (χ3v) is 4.03. The van der Waals surface area contributed by atoms with Gasteiger partial charge in [-0.05, 0) is 57.9 Å². The van der Waals surface area contributed by atoms with Crippen LogP contribution in [0.3, 0.4) is 0 Å². The lowest BCUT2D eigenvalue weighted by atomic mass is 10.2. The third-order valence-electron chi connectivity index (χ3n) is 3.17. The summed E-state index contributed by atoms with van der Waals surface area (Å²) in [4.78, 5) is 16.2. The van der Waals surface area contributed by atoms with E-state index in [9.17, 15) is 4.79 Å². The fraction of sp³-hybridized carbons (Fsp3) is 0.0588. The zero-order valence-electron chi connectivity index (χ0n) is 12.0. The van der Waals surface area contributed by atoms with Gasteiger partial charge in [0.25, 0.3) is 0 Å². The second-order valence-corrected chi connectivity index (χ2v) is 6.03. The Balaban J connectivity index is 1.93. The van der Waals surface area contributed by atoms with E-state index >= 15 is 0 Å². The molecule has 2 aromatic rings. The molecule has 0 bridgehead atoms. The van der Waals surface area contributed by atoms with Gasteiger partial charge in [-0.1, -0.05) is 23.7 Å². The van der Waals surface area contributed by atoms with Crippen molar-refractivity contribution in [1.29, 1.82) is 0 Å². The fourth-order valence-electron chi connectivity index (χ4n) is 2.08. The molecule has 2 aromatic carbocycles. The Kier molecular flexibility index (Phi) is 4.50. The van der Waals surface area contributed by atoms with Crippen LogP contribution < -0.4 is 4.74 Å². The van der Waals surface area contributed by atoms with Gasteiger partial charge >= 0.3 is 5.97 Å². The Labute approximate surface area is 146 Å². The van der Waals surface area contributed by atoms with Gasteiger partial charge in [-0.15, -0.1) is 0 Å². The normalized spacial score (nSPS) is 15.5. The maximum Gasteiger partial charge on any atom is 0.363 e. The van der Waals surface area contributed by atoms with Crippen LogP contribution >= 0.6 is 27.5 Å². The second kappa shape index (κ2) is 6.56. The maximum absolute atomic E-state index is 12.0. The van der Waals surface area contributed by atoms with Crippen molar-refractivity contribution >= 4 is 45.5 Å². The number of nitrogens with zero attached hydrogens (tertiary/aromatic N) is 1. The first-order valence-electron chi connectivity index (χ1n) is 6.69. The molecule has 6 heteroatoms. The lowest BCUT2D eigenvalue weighted by Crippen LogP contribution is -2.05. The Morgan fingerprint density at radius 2 is 2.09 bits per heavy atom. The topological polar surface area (TPSA) is 47.9 Å². The summed E-state index contributed by atoms with van der Waals surface area (Å²) in [6.45, 7) is 0. The largest absolute Gasteiger partial charge is 0.496 e. The van der Waals surface area contributed by atoms with Crippen LogP contribution in [0, 0.1) is 0 Å². The number of aliphatic imine (C=N–C) groups is 1. The molecule has 1 aliphatic rings. The highest BCUT2D eigenvalue weighted by atomic mass is 79.9.